The molecule has 0 radical (unpaired) electrons. The van der Waals surface area contributed by atoms with Crippen LogP contribution < -0.4 is 16.6 Å². The highest BCUT2D eigenvalue weighted by Crippen LogP contribution is 2.36. The third-order valence-corrected chi connectivity index (χ3v) is 7.91. The Bertz CT molecular complexity index is 1490. The van der Waals surface area contributed by atoms with Crippen molar-refractivity contribution in [1.29, 1.82) is 0 Å². The molecule has 1 saturated heterocycles. The van der Waals surface area contributed by atoms with Gasteiger partial charge in [0, 0.05) is 31.0 Å². The van der Waals surface area contributed by atoms with Crippen molar-refractivity contribution in [3.05, 3.63) is 70.4 Å². The summed E-state index contributed by atoms with van der Waals surface area (Å²) in [6.45, 7) is 5.66. The third-order valence-electron chi connectivity index (χ3n) is 7.91. The average Bonchev–Trinajstić information content (AvgIpc) is 2.95. The molecule has 2 aliphatic rings. The number of fused-ring (bicyclic) bond motifs is 1. The van der Waals surface area contributed by atoms with Crippen LogP contribution in [0, 0.1) is 6.92 Å². The summed E-state index contributed by atoms with van der Waals surface area (Å²) in [4.78, 5) is 31.7. The van der Waals surface area contributed by atoms with Gasteiger partial charge in [0.1, 0.15) is 17.3 Å². The van der Waals surface area contributed by atoms with Crippen LogP contribution in [0.1, 0.15) is 42.9 Å². The van der Waals surface area contributed by atoms with E-state index in [1.165, 1.54) is 31.2 Å². The fourth-order valence-electron chi connectivity index (χ4n) is 5.74. The number of nitrogens with zero attached hydrogens (tertiary/aromatic N) is 4. The molecule has 4 heterocycles. The number of hydrogen-bond donors (Lipinski definition) is 3. The number of aryl methyl sites for hydroxylation is 1. The molecule has 0 atom stereocenters. The monoisotopic (exact) mass is 511 g/mol. The van der Waals surface area contributed by atoms with Crippen LogP contribution >= 0.6 is 0 Å². The van der Waals surface area contributed by atoms with Gasteiger partial charge in [-0.15, -0.1) is 0 Å². The Kier molecular flexibility index (Phi) is 6.78. The van der Waals surface area contributed by atoms with E-state index in [0.29, 0.717) is 46.1 Å². The lowest BCUT2D eigenvalue weighted by atomic mass is 9.81. The minimum Gasteiger partial charge on any atom is -0.382 e. The summed E-state index contributed by atoms with van der Waals surface area (Å²) >= 11 is 0. The van der Waals surface area contributed by atoms with Crippen LogP contribution in [0.3, 0.4) is 0 Å². The Morgan fingerprint density at radius 1 is 1.03 bits per heavy atom. The van der Waals surface area contributed by atoms with Crippen molar-refractivity contribution in [2.24, 2.45) is 0 Å². The second kappa shape index (κ2) is 10.5. The van der Waals surface area contributed by atoms with Crippen LogP contribution in [-0.2, 0) is 4.74 Å². The van der Waals surface area contributed by atoms with Crippen LogP contribution in [0.4, 0.5) is 17.3 Å². The highest BCUT2D eigenvalue weighted by atomic mass is 16.5. The Hall–Kier alpha value is -3.82. The lowest BCUT2D eigenvalue weighted by Crippen LogP contribution is -2.44. The molecule has 0 spiro atoms. The van der Waals surface area contributed by atoms with Gasteiger partial charge in [0.25, 0.3) is 5.56 Å². The van der Waals surface area contributed by atoms with Gasteiger partial charge in [0.15, 0.2) is 0 Å². The van der Waals surface area contributed by atoms with E-state index in [-0.39, 0.29) is 5.56 Å². The number of nitrogens with two attached hydrogens (primary N) is 1. The van der Waals surface area contributed by atoms with Gasteiger partial charge in [-0.25, -0.2) is 15.0 Å². The van der Waals surface area contributed by atoms with E-state index in [0.717, 1.165) is 37.4 Å². The van der Waals surface area contributed by atoms with Crippen molar-refractivity contribution < 1.29 is 4.74 Å². The average molecular weight is 512 g/mol. The SMILES string of the molecule is Cc1nc(-c2cc3cc[nH]c(=O)c3c(Nc3ccc(C4CCC(N5CCOCC5)CC4)cc3)n2)cnc1N. The number of benzene rings is 1. The molecule has 9 heteroatoms. The van der Waals surface area contributed by atoms with E-state index in [1.54, 1.807) is 12.4 Å². The summed E-state index contributed by atoms with van der Waals surface area (Å²) in [6, 6.07) is 13.0. The van der Waals surface area contributed by atoms with Crippen molar-refractivity contribution in [1.82, 2.24) is 24.8 Å². The normalized spacial score (nSPS) is 20.4. The number of nitrogen functional groups attached to an aromatic ring is 1. The molecule has 4 aromatic rings. The summed E-state index contributed by atoms with van der Waals surface area (Å²) in [7, 11) is 0. The van der Waals surface area contributed by atoms with E-state index in [1.807, 2.05) is 19.1 Å². The number of morpholine rings is 1. The topological polar surface area (TPSA) is 122 Å². The summed E-state index contributed by atoms with van der Waals surface area (Å²) in [5.74, 6) is 1.45. The zero-order valence-electron chi connectivity index (χ0n) is 21.6. The molecular weight excluding hydrogens is 478 g/mol. The van der Waals surface area contributed by atoms with Gasteiger partial charge in [-0.3, -0.25) is 9.69 Å². The summed E-state index contributed by atoms with van der Waals surface area (Å²) < 4.78 is 5.52. The summed E-state index contributed by atoms with van der Waals surface area (Å²) in [5, 5.41) is 4.65. The van der Waals surface area contributed by atoms with Crippen molar-refractivity contribution in [3.8, 4) is 11.4 Å². The van der Waals surface area contributed by atoms with E-state index < -0.39 is 0 Å². The highest BCUT2D eigenvalue weighted by molar-refractivity contribution is 5.94. The highest BCUT2D eigenvalue weighted by Gasteiger charge is 2.27. The molecule has 1 aliphatic heterocycles. The Morgan fingerprint density at radius 2 is 1.79 bits per heavy atom. The minimum atomic E-state index is -0.197. The van der Waals surface area contributed by atoms with Crippen LogP contribution in [0.25, 0.3) is 22.2 Å². The van der Waals surface area contributed by atoms with Crippen molar-refractivity contribution in [2.45, 2.75) is 44.6 Å². The zero-order valence-corrected chi connectivity index (χ0v) is 21.6. The molecule has 196 valence electrons. The van der Waals surface area contributed by atoms with Crippen LogP contribution in [0.5, 0.6) is 0 Å². The molecule has 1 aliphatic carbocycles. The Labute approximate surface area is 221 Å². The fraction of sp³-hybridized carbons (Fsp3) is 0.379. The maximum Gasteiger partial charge on any atom is 0.259 e. The summed E-state index contributed by atoms with van der Waals surface area (Å²) in [5.41, 5.74) is 9.77. The van der Waals surface area contributed by atoms with Crippen molar-refractivity contribution in [2.75, 3.05) is 37.4 Å². The molecule has 0 amide bonds. The van der Waals surface area contributed by atoms with Crippen LogP contribution in [0.2, 0.25) is 0 Å². The number of anilines is 3. The number of rotatable bonds is 5. The van der Waals surface area contributed by atoms with Gasteiger partial charge in [0.05, 0.1) is 36.2 Å². The van der Waals surface area contributed by atoms with Crippen molar-refractivity contribution >= 4 is 28.1 Å². The maximum absolute atomic E-state index is 12.7. The minimum absolute atomic E-state index is 0.197. The van der Waals surface area contributed by atoms with Gasteiger partial charge in [-0.2, -0.15) is 0 Å². The lowest BCUT2D eigenvalue weighted by Gasteiger charge is -2.38. The van der Waals surface area contributed by atoms with Crippen molar-refractivity contribution in [3.63, 3.8) is 0 Å². The number of hydrogen-bond acceptors (Lipinski definition) is 8. The van der Waals surface area contributed by atoms with Crippen LogP contribution in [-0.4, -0.2) is 57.2 Å². The number of nitrogens with one attached hydrogen (secondary N) is 2. The molecule has 3 aromatic heterocycles. The quantitative estimate of drug-likeness (QED) is 0.361. The molecule has 1 saturated carbocycles. The first-order chi connectivity index (χ1) is 18.5. The Morgan fingerprint density at radius 3 is 2.53 bits per heavy atom. The van der Waals surface area contributed by atoms with Gasteiger partial charge in [-0.05, 0) is 73.7 Å². The second-order valence-electron chi connectivity index (χ2n) is 10.3. The van der Waals surface area contributed by atoms with E-state index in [2.05, 4.69) is 49.4 Å². The second-order valence-corrected chi connectivity index (χ2v) is 10.3. The van der Waals surface area contributed by atoms with E-state index in [4.69, 9.17) is 15.5 Å². The number of ether oxygens (including phenoxy) is 1. The lowest BCUT2D eigenvalue weighted by molar-refractivity contribution is 0.00730. The van der Waals surface area contributed by atoms with Gasteiger partial charge in [0.2, 0.25) is 0 Å². The van der Waals surface area contributed by atoms with E-state index >= 15 is 0 Å². The third kappa shape index (κ3) is 4.99. The molecule has 38 heavy (non-hydrogen) atoms. The zero-order chi connectivity index (χ0) is 26.1. The molecule has 1 aromatic carbocycles. The predicted molar refractivity (Wildman–Crippen MR) is 150 cm³/mol. The first kappa shape index (κ1) is 24.5. The van der Waals surface area contributed by atoms with Crippen LogP contribution in [0.15, 0.2) is 53.6 Å². The molecule has 4 N–H and O–H groups in total. The maximum atomic E-state index is 12.7. The Balaban J connectivity index is 1.22. The molecule has 6 rings (SSSR count). The molecule has 9 nitrogen and oxygen atoms in total. The standard InChI is InChI=1S/C29H33N7O2/c1-18-27(30)32-17-25(33-18)24-16-21-10-11-31-29(37)26(21)28(35-24)34-22-6-2-19(3-7-22)20-4-8-23(9-5-20)36-12-14-38-15-13-36/h2-3,6-7,10-11,16-17,20,23H,4-5,8-9,12-15H2,1H3,(H2,30,32)(H,31,37)(H,34,35). The molecular formula is C29H33N7O2. The van der Waals surface area contributed by atoms with Gasteiger partial charge < -0.3 is 20.8 Å². The first-order valence-corrected chi connectivity index (χ1v) is 13.4. The molecule has 0 bridgehead atoms. The largest absolute Gasteiger partial charge is 0.382 e. The number of aromatic amines is 1. The number of H-pyrrole nitrogens is 1. The van der Waals surface area contributed by atoms with Gasteiger partial charge >= 0.3 is 0 Å². The molecule has 0 unspecified atom stereocenters. The predicted octanol–water partition coefficient (Wildman–Crippen LogP) is 4.37. The summed E-state index contributed by atoms with van der Waals surface area (Å²) in [6.07, 6.45) is 8.14. The smallest absolute Gasteiger partial charge is 0.259 e. The van der Waals surface area contributed by atoms with E-state index in [9.17, 15) is 4.79 Å². The first-order valence-electron chi connectivity index (χ1n) is 13.4. The molecule has 2 fully saturated rings. The van der Waals surface area contributed by atoms with Gasteiger partial charge in [-0.1, -0.05) is 12.1 Å². The fourth-order valence-corrected chi connectivity index (χ4v) is 5.74. The number of aromatic nitrogens is 4. The number of pyridine rings is 2.